The van der Waals surface area contributed by atoms with E-state index in [2.05, 4.69) is 31.1 Å². The van der Waals surface area contributed by atoms with Gasteiger partial charge in [-0.15, -0.1) is 11.3 Å². The summed E-state index contributed by atoms with van der Waals surface area (Å²) in [4.78, 5) is 32.3. The Labute approximate surface area is 185 Å². The fraction of sp³-hybridized carbons (Fsp3) is 0.435. The van der Waals surface area contributed by atoms with E-state index >= 15 is 0 Å². The average Bonchev–Trinajstić information content (AvgIpc) is 3.05. The van der Waals surface area contributed by atoms with Crippen LogP contribution in [0.5, 0.6) is 0 Å². The van der Waals surface area contributed by atoms with Gasteiger partial charge in [0.1, 0.15) is 11.4 Å². The van der Waals surface area contributed by atoms with Gasteiger partial charge in [0.2, 0.25) is 5.91 Å². The minimum absolute atomic E-state index is 0.0804. The molecule has 0 unspecified atom stereocenters. The number of thiophene rings is 1. The first-order valence-corrected chi connectivity index (χ1v) is 11.4. The Bertz CT molecular complexity index is 1190. The van der Waals surface area contributed by atoms with Crippen LogP contribution in [0, 0.1) is 18.3 Å². The van der Waals surface area contributed by atoms with Gasteiger partial charge in [0, 0.05) is 15.6 Å². The van der Waals surface area contributed by atoms with E-state index in [9.17, 15) is 9.59 Å². The van der Waals surface area contributed by atoms with Gasteiger partial charge in [0.05, 0.1) is 11.7 Å². The highest BCUT2D eigenvalue weighted by molar-refractivity contribution is 7.18. The number of fused-ring (bicyclic) bond motifs is 3. The molecule has 1 aliphatic rings. The fourth-order valence-electron chi connectivity index (χ4n) is 4.14. The van der Waals surface area contributed by atoms with E-state index in [4.69, 9.17) is 11.6 Å². The molecular formula is C23H26ClN3O2S. The van der Waals surface area contributed by atoms with Crippen LogP contribution in [0.3, 0.4) is 0 Å². The summed E-state index contributed by atoms with van der Waals surface area (Å²) in [5.41, 5.74) is 2.69. The summed E-state index contributed by atoms with van der Waals surface area (Å²) >= 11 is 7.75. The van der Waals surface area contributed by atoms with Crippen molar-refractivity contribution in [3.63, 3.8) is 0 Å². The van der Waals surface area contributed by atoms with Gasteiger partial charge >= 0.3 is 0 Å². The van der Waals surface area contributed by atoms with E-state index in [0.717, 1.165) is 35.2 Å². The number of hydrogen-bond acceptors (Lipinski definition) is 4. The maximum absolute atomic E-state index is 13.2. The first-order valence-electron chi connectivity index (χ1n) is 10.2. The molecule has 0 spiro atoms. The van der Waals surface area contributed by atoms with Crippen molar-refractivity contribution >= 4 is 44.7 Å². The Morgan fingerprint density at radius 1 is 1.37 bits per heavy atom. The molecule has 1 N–H and O–H groups in total. The smallest absolute Gasteiger partial charge is 0.262 e. The van der Waals surface area contributed by atoms with Crippen LogP contribution in [0.4, 0.5) is 5.69 Å². The molecule has 1 aromatic carbocycles. The van der Waals surface area contributed by atoms with E-state index < -0.39 is 0 Å². The minimum Gasteiger partial charge on any atom is -0.324 e. The Kier molecular flexibility index (Phi) is 5.49. The summed E-state index contributed by atoms with van der Waals surface area (Å²) < 4.78 is 1.40. The number of nitrogens with zero attached hydrogens (tertiary/aromatic N) is 2. The lowest BCUT2D eigenvalue weighted by Crippen LogP contribution is -2.29. The number of anilines is 1. The number of aromatic nitrogens is 2. The fourth-order valence-corrected chi connectivity index (χ4v) is 5.57. The quantitative estimate of drug-likeness (QED) is 0.604. The molecule has 4 rings (SSSR count). The predicted octanol–water partition coefficient (Wildman–Crippen LogP) is 5.21. The van der Waals surface area contributed by atoms with Gasteiger partial charge in [-0.05, 0) is 60.8 Å². The maximum atomic E-state index is 13.2. The first kappa shape index (κ1) is 21.1. The number of nitrogens with one attached hydrogen (secondary N) is 1. The second-order valence-corrected chi connectivity index (χ2v) is 10.6. The predicted molar refractivity (Wildman–Crippen MR) is 124 cm³/mol. The number of aryl methyl sites for hydroxylation is 1. The van der Waals surface area contributed by atoms with Crippen molar-refractivity contribution in [1.29, 1.82) is 0 Å². The highest BCUT2D eigenvalue weighted by atomic mass is 35.5. The number of halogens is 1. The lowest BCUT2D eigenvalue weighted by atomic mass is 9.72. The lowest BCUT2D eigenvalue weighted by molar-refractivity contribution is -0.116. The standard InChI is InChI=1S/C23H26ClN3O2S/c1-13-16(24)6-5-7-17(13)26-19(28)11-27-12-25-21-20(22(27)29)15-9-8-14(23(2,3)4)10-18(15)30-21/h5-7,12,14H,8-11H2,1-4H3,(H,26,28)/t14-/m1/s1. The molecule has 0 fully saturated rings. The normalized spacial score (nSPS) is 16.5. The molecule has 5 nitrogen and oxygen atoms in total. The van der Waals surface area contributed by atoms with Gasteiger partial charge < -0.3 is 5.32 Å². The number of carbonyl (C=O) groups is 1. The summed E-state index contributed by atoms with van der Waals surface area (Å²) in [5.74, 6) is 0.326. The van der Waals surface area contributed by atoms with Crippen molar-refractivity contribution in [1.82, 2.24) is 9.55 Å². The molecule has 7 heteroatoms. The van der Waals surface area contributed by atoms with Crippen LogP contribution in [0.25, 0.3) is 10.2 Å². The number of benzene rings is 1. The topological polar surface area (TPSA) is 64.0 Å². The van der Waals surface area contributed by atoms with E-state index in [1.165, 1.54) is 15.8 Å². The van der Waals surface area contributed by atoms with E-state index in [1.54, 1.807) is 29.5 Å². The molecule has 1 aliphatic carbocycles. The van der Waals surface area contributed by atoms with Crippen LogP contribution < -0.4 is 10.9 Å². The number of hydrogen-bond donors (Lipinski definition) is 1. The largest absolute Gasteiger partial charge is 0.324 e. The first-order chi connectivity index (χ1) is 14.1. The third-order valence-electron chi connectivity index (χ3n) is 6.12. The summed E-state index contributed by atoms with van der Waals surface area (Å²) in [6, 6.07) is 5.36. The van der Waals surface area contributed by atoms with Crippen LogP contribution in [0.15, 0.2) is 29.3 Å². The zero-order valence-electron chi connectivity index (χ0n) is 17.7. The highest BCUT2D eigenvalue weighted by Crippen LogP contribution is 2.41. The van der Waals surface area contributed by atoms with Crippen molar-refractivity contribution in [2.45, 2.75) is 53.5 Å². The van der Waals surface area contributed by atoms with Crippen molar-refractivity contribution in [3.8, 4) is 0 Å². The summed E-state index contributed by atoms with van der Waals surface area (Å²) in [6.07, 6.45) is 4.45. The second kappa shape index (κ2) is 7.82. The van der Waals surface area contributed by atoms with Gasteiger partial charge in [-0.2, -0.15) is 0 Å². The molecule has 0 saturated carbocycles. The molecule has 1 amide bonds. The van der Waals surface area contributed by atoms with Gasteiger partial charge in [-0.25, -0.2) is 4.98 Å². The molecule has 0 aliphatic heterocycles. The molecule has 2 heterocycles. The van der Waals surface area contributed by atoms with Crippen molar-refractivity contribution < 1.29 is 4.79 Å². The van der Waals surface area contributed by atoms with Gasteiger partial charge in [0.15, 0.2) is 0 Å². The molecule has 0 radical (unpaired) electrons. The van der Waals surface area contributed by atoms with Crippen LogP contribution in [0.2, 0.25) is 5.02 Å². The van der Waals surface area contributed by atoms with Crippen molar-refractivity contribution in [2.75, 3.05) is 5.32 Å². The van der Waals surface area contributed by atoms with E-state index in [1.807, 2.05) is 6.92 Å². The van der Waals surface area contributed by atoms with Crippen LogP contribution >= 0.6 is 22.9 Å². The van der Waals surface area contributed by atoms with Gasteiger partial charge in [-0.1, -0.05) is 38.4 Å². The van der Waals surface area contributed by atoms with Gasteiger partial charge in [0.25, 0.3) is 5.56 Å². The zero-order valence-corrected chi connectivity index (χ0v) is 19.3. The molecule has 0 bridgehead atoms. The zero-order chi connectivity index (χ0) is 21.6. The summed E-state index contributed by atoms with van der Waals surface area (Å²) in [7, 11) is 0. The molecule has 2 aromatic heterocycles. The minimum atomic E-state index is -0.277. The number of carbonyl (C=O) groups excluding carboxylic acids is 1. The molecule has 3 aromatic rings. The average molecular weight is 444 g/mol. The molecule has 1 atom stereocenters. The lowest BCUT2D eigenvalue weighted by Gasteiger charge is -2.33. The van der Waals surface area contributed by atoms with Crippen molar-refractivity contribution in [2.24, 2.45) is 11.3 Å². The Morgan fingerprint density at radius 3 is 2.87 bits per heavy atom. The number of rotatable bonds is 3. The monoisotopic (exact) mass is 443 g/mol. The van der Waals surface area contributed by atoms with Crippen LogP contribution in [-0.4, -0.2) is 15.5 Å². The van der Waals surface area contributed by atoms with Crippen LogP contribution in [0.1, 0.15) is 43.2 Å². The molecule has 0 saturated heterocycles. The second-order valence-electron chi connectivity index (χ2n) is 9.13. The summed E-state index contributed by atoms with van der Waals surface area (Å²) in [5, 5.41) is 4.13. The number of amides is 1. The SMILES string of the molecule is Cc1c(Cl)cccc1NC(=O)Cn1cnc2sc3c(c2c1=O)CC[C@@H](C(C)(C)C)C3. The maximum Gasteiger partial charge on any atom is 0.262 e. The molecule has 30 heavy (non-hydrogen) atoms. The van der Waals surface area contributed by atoms with Gasteiger partial charge in [-0.3, -0.25) is 14.2 Å². The Hall–Kier alpha value is -2.18. The van der Waals surface area contributed by atoms with Crippen molar-refractivity contribution in [3.05, 3.63) is 55.9 Å². The Morgan fingerprint density at radius 2 is 2.13 bits per heavy atom. The Balaban J connectivity index is 1.61. The summed E-state index contributed by atoms with van der Waals surface area (Å²) in [6.45, 7) is 8.60. The molecular weight excluding hydrogens is 418 g/mol. The van der Waals surface area contributed by atoms with E-state index in [0.29, 0.717) is 22.0 Å². The highest BCUT2D eigenvalue weighted by Gasteiger charge is 2.31. The van der Waals surface area contributed by atoms with Crippen LogP contribution in [-0.2, 0) is 24.2 Å². The third kappa shape index (κ3) is 3.91. The molecule has 158 valence electrons. The van der Waals surface area contributed by atoms with E-state index in [-0.39, 0.29) is 23.4 Å². The third-order valence-corrected chi connectivity index (χ3v) is 7.69.